The Labute approximate surface area is 117 Å². The molecular weight excluding hydrogens is 270 g/mol. The van der Waals surface area contributed by atoms with E-state index >= 15 is 0 Å². The summed E-state index contributed by atoms with van der Waals surface area (Å²) in [5.74, 6) is -1.53. The van der Waals surface area contributed by atoms with Crippen LogP contribution in [-0.4, -0.2) is 73.0 Å². The molecule has 20 heavy (non-hydrogen) atoms. The van der Waals surface area contributed by atoms with Gasteiger partial charge in [0, 0.05) is 19.6 Å². The summed E-state index contributed by atoms with van der Waals surface area (Å²) in [7, 11) is 1.53. The summed E-state index contributed by atoms with van der Waals surface area (Å²) in [6.45, 7) is 2.84. The van der Waals surface area contributed by atoms with Crippen molar-refractivity contribution in [2.75, 3.05) is 33.7 Å². The first-order chi connectivity index (χ1) is 9.49. The lowest BCUT2D eigenvalue weighted by molar-refractivity contribution is -0.143. The molecule has 0 radical (unpaired) electrons. The first kappa shape index (κ1) is 16.7. The van der Waals surface area contributed by atoms with Crippen molar-refractivity contribution in [3.05, 3.63) is 0 Å². The molecule has 8 heteroatoms. The number of carboxylic acid groups (broad SMARTS) is 2. The van der Waals surface area contributed by atoms with E-state index < -0.39 is 24.2 Å². The van der Waals surface area contributed by atoms with Gasteiger partial charge in [-0.25, -0.2) is 9.59 Å². The van der Waals surface area contributed by atoms with Gasteiger partial charge in [-0.1, -0.05) is 6.92 Å². The number of nitrogens with zero attached hydrogens (tertiary/aromatic N) is 1. The molecule has 0 aromatic rings. The minimum atomic E-state index is -1.24. The predicted octanol–water partition coefficient (Wildman–Crippen LogP) is 0.465. The molecule has 3 atom stereocenters. The van der Waals surface area contributed by atoms with Crippen molar-refractivity contribution in [2.24, 2.45) is 5.92 Å². The van der Waals surface area contributed by atoms with E-state index in [0.717, 1.165) is 4.90 Å². The molecule has 0 saturated carbocycles. The van der Waals surface area contributed by atoms with Gasteiger partial charge in [-0.3, -0.25) is 4.90 Å². The molecule has 1 heterocycles. The van der Waals surface area contributed by atoms with Crippen molar-refractivity contribution in [2.45, 2.75) is 25.5 Å². The maximum absolute atomic E-state index is 11.1. The van der Waals surface area contributed by atoms with Gasteiger partial charge in [0.15, 0.2) is 0 Å². The predicted molar refractivity (Wildman–Crippen MR) is 67.5 cm³/mol. The van der Waals surface area contributed by atoms with Crippen LogP contribution in [0.15, 0.2) is 0 Å². The number of carbonyl (C=O) groups is 2. The molecule has 0 bridgehead atoms. The fourth-order valence-electron chi connectivity index (χ4n) is 2.26. The van der Waals surface area contributed by atoms with Gasteiger partial charge >= 0.3 is 12.1 Å². The number of methoxy groups -OCH3 is 1. The summed E-state index contributed by atoms with van der Waals surface area (Å²) in [4.78, 5) is 23.1. The minimum absolute atomic E-state index is 0.0758. The third kappa shape index (κ3) is 4.32. The molecule has 0 aromatic heterocycles. The molecule has 1 aliphatic heterocycles. The highest BCUT2D eigenvalue weighted by atomic mass is 16.7. The smallest absolute Gasteiger partial charge is 0.408 e. The molecule has 1 rings (SSSR count). The van der Waals surface area contributed by atoms with E-state index in [1.165, 1.54) is 7.11 Å². The number of likely N-dealkylation sites (tertiary alicyclic amines) is 1. The Morgan fingerprint density at radius 3 is 2.50 bits per heavy atom. The lowest BCUT2D eigenvalue weighted by Crippen LogP contribution is -2.41. The second-order valence-electron chi connectivity index (χ2n) is 4.65. The second kappa shape index (κ2) is 8.03. The van der Waals surface area contributed by atoms with Gasteiger partial charge in [-0.05, 0) is 6.42 Å². The zero-order chi connectivity index (χ0) is 15.1. The third-order valence-electron chi connectivity index (χ3n) is 3.26. The van der Waals surface area contributed by atoms with E-state index in [2.05, 4.69) is 0 Å². The van der Waals surface area contributed by atoms with E-state index in [-0.39, 0.29) is 19.3 Å². The highest BCUT2D eigenvalue weighted by Crippen LogP contribution is 2.27. The van der Waals surface area contributed by atoms with Crippen LogP contribution in [0.2, 0.25) is 0 Å². The van der Waals surface area contributed by atoms with Gasteiger partial charge in [0.05, 0.1) is 19.3 Å². The average Bonchev–Trinajstić information content (AvgIpc) is 2.71. The molecule has 116 valence electrons. The van der Waals surface area contributed by atoms with Crippen molar-refractivity contribution >= 4 is 12.1 Å². The van der Waals surface area contributed by atoms with Crippen LogP contribution in [0.4, 0.5) is 4.79 Å². The molecule has 0 aromatic carbocycles. The van der Waals surface area contributed by atoms with Crippen LogP contribution in [-0.2, 0) is 19.0 Å². The van der Waals surface area contributed by atoms with Crippen molar-refractivity contribution in [3.63, 3.8) is 0 Å². The van der Waals surface area contributed by atoms with Crippen LogP contribution in [0, 0.1) is 5.92 Å². The number of rotatable bonds is 8. The van der Waals surface area contributed by atoms with Crippen LogP contribution in [0.3, 0.4) is 0 Å². The van der Waals surface area contributed by atoms with Crippen LogP contribution in [0.5, 0.6) is 0 Å². The number of aliphatic carboxylic acids is 1. The normalized spacial score (nSPS) is 25.9. The quantitative estimate of drug-likeness (QED) is 0.494. The number of amides is 1. The molecule has 1 saturated heterocycles. The molecule has 8 nitrogen and oxygen atoms in total. The Kier molecular flexibility index (Phi) is 6.69. The average molecular weight is 291 g/mol. The molecule has 2 N–H and O–H groups in total. The van der Waals surface area contributed by atoms with Gasteiger partial charge < -0.3 is 24.4 Å². The van der Waals surface area contributed by atoms with E-state index in [4.69, 9.17) is 24.4 Å². The zero-order valence-corrected chi connectivity index (χ0v) is 11.7. The Hall–Kier alpha value is -1.38. The molecule has 0 spiro atoms. The number of hydrogen-bond acceptors (Lipinski definition) is 5. The Morgan fingerprint density at radius 1 is 1.30 bits per heavy atom. The largest absolute Gasteiger partial charge is 0.480 e. The van der Waals surface area contributed by atoms with Gasteiger partial charge in [0.25, 0.3) is 0 Å². The van der Waals surface area contributed by atoms with Gasteiger partial charge in [0.2, 0.25) is 0 Å². The summed E-state index contributed by atoms with van der Waals surface area (Å²) >= 11 is 0. The Morgan fingerprint density at radius 2 is 2.00 bits per heavy atom. The summed E-state index contributed by atoms with van der Waals surface area (Å²) in [6, 6.07) is -1.05. The Bertz CT molecular complexity index is 336. The lowest BCUT2D eigenvalue weighted by Gasteiger charge is -2.19. The maximum Gasteiger partial charge on any atom is 0.408 e. The molecule has 1 aliphatic rings. The summed E-state index contributed by atoms with van der Waals surface area (Å²) in [5.41, 5.74) is 0. The molecule has 0 unspecified atom stereocenters. The van der Waals surface area contributed by atoms with Crippen LogP contribution in [0.1, 0.15) is 13.3 Å². The topological polar surface area (TPSA) is 106 Å². The van der Waals surface area contributed by atoms with Crippen molar-refractivity contribution in [3.8, 4) is 0 Å². The maximum atomic E-state index is 11.1. The Balaban J connectivity index is 2.40. The highest BCUT2D eigenvalue weighted by molar-refractivity contribution is 5.80. The van der Waals surface area contributed by atoms with E-state index in [1.807, 2.05) is 0 Å². The van der Waals surface area contributed by atoms with Crippen molar-refractivity contribution in [1.29, 1.82) is 0 Å². The van der Waals surface area contributed by atoms with Crippen molar-refractivity contribution < 1.29 is 34.0 Å². The fourth-order valence-corrected chi connectivity index (χ4v) is 2.26. The van der Waals surface area contributed by atoms with Crippen LogP contribution in [0.25, 0.3) is 0 Å². The molecule has 0 aliphatic carbocycles. The molecular formula is C12H21NO7. The first-order valence-electron chi connectivity index (χ1n) is 6.39. The summed E-state index contributed by atoms with van der Waals surface area (Å²) in [6.07, 6.45) is -1.01. The van der Waals surface area contributed by atoms with E-state index in [1.54, 1.807) is 6.92 Å². The lowest BCUT2D eigenvalue weighted by atomic mass is 10.0. The number of hydrogen-bond donors (Lipinski definition) is 2. The fraction of sp³-hybridized carbons (Fsp3) is 0.833. The van der Waals surface area contributed by atoms with Gasteiger partial charge in [0.1, 0.15) is 12.8 Å². The monoisotopic (exact) mass is 291 g/mol. The molecule has 1 amide bonds. The first-order valence-corrected chi connectivity index (χ1v) is 6.39. The SMILES string of the molecule is COCOCCCO[C@H]1CN(C(=O)O)[C@@H](C(=O)O)[C@@H]1C. The number of ether oxygens (including phenoxy) is 3. The minimum Gasteiger partial charge on any atom is -0.480 e. The second-order valence-corrected chi connectivity index (χ2v) is 4.65. The summed E-state index contributed by atoms with van der Waals surface area (Å²) in [5, 5.41) is 18.1. The highest BCUT2D eigenvalue weighted by Gasteiger charge is 2.46. The number of carboxylic acids is 1. The third-order valence-corrected chi connectivity index (χ3v) is 3.26. The standard InChI is InChI=1S/C12H21NO7/c1-8-9(20-5-3-4-19-7-18-2)6-13(12(16)17)10(8)11(14)15/h8-10H,3-7H2,1-2H3,(H,14,15)(H,16,17)/t8-,9+,10-/m1/s1. The molecule has 1 fully saturated rings. The van der Waals surface area contributed by atoms with Gasteiger partial charge in [-0.2, -0.15) is 0 Å². The van der Waals surface area contributed by atoms with Crippen LogP contribution < -0.4 is 0 Å². The zero-order valence-electron chi connectivity index (χ0n) is 11.7. The van der Waals surface area contributed by atoms with E-state index in [9.17, 15) is 9.59 Å². The van der Waals surface area contributed by atoms with Crippen LogP contribution >= 0.6 is 0 Å². The van der Waals surface area contributed by atoms with Crippen molar-refractivity contribution in [1.82, 2.24) is 4.90 Å². The summed E-state index contributed by atoms with van der Waals surface area (Å²) < 4.78 is 15.4. The van der Waals surface area contributed by atoms with Gasteiger partial charge in [-0.15, -0.1) is 0 Å². The van der Waals surface area contributed by atoms with E-state index in [0.29, 0.717) is 19.6 Å².